The van der Waals surface area contributed by atoms with E-state index in [1.54, 1.807) is 24.3 Å². The van der Waals surface area contributed by atoms with Crippen LogP contribution >= 0.6 is 11.6 Å². The lowest BCUT2D eigenvalue weighted by Crippen LogP contribution is -1.97. The van der Waals surface area contributed by atoms with Crippen LogP contribution in [0.2, 0.25) is 5.02 Å². The molecule has 1 aliphatic carbocycles. The topological polar surface area (TPSA) is 37.3 Å². The highest BCUT2D eigenvalue weighted by Gasteiger charge is 2.23. The van der Waals surface area contributed by atoms with Crippen molar-refractivity contribution in [2.45, 2.75) is 0 Å². The molecular weight excluding hydrogens is 248 g/mol. The average molecular weight is 257 g/mol. The van der Waals surface area contributed by atoms with Crippen LogP contribution in [0.5, 0.6) is 5.75 Å². The summed E-state index contributed by atoms with van der Waals surface area (Å²) in [7, 11) is 0. The van der Waals surface area contributed by atoms with E-state index < -0.39 is 0 Å². The summed E-state index contributed by atoms with van der Waals surface area (Å²) in [4.78, 5) is 12.2. The minimum Gasteiger partial charge on any atom is -0.508 e. The largest absolute Gasteiger partial charge is 0.508 e. The quantitative estimate of drug-likeness (QED) is 0.843. The molecule has 0 saturated heterocycles. The Bertz CT molecular complexity index is 669. The maximum absolute atomic E-state index is 12.2. The normalized spacial score (nSPS) is 13.4. The number of hydrogen-bond donors (Lipinski definition) is 1. The van der Waals surface area contributed by atoms with Gasteiger partial charge in [-0.1, -0.05) is 29.8 Å². The molecule has 0 aliphatic heterocycles. The van der Waals surface area contributed by atoms with Crippen LogP contribution in [-0.2, 0) is 0 Å². The summed E-state index contributed by atoms with van der Waals surface area (Å²) in [6, 6.07) is 12.0. The predicted octanol–water partition coefficient (Wildman–Crippen LogP) is 3.78. The van der Waals surface area contributed by atoms with Crippen LogP contribution in [0.1, 0.15) is 21.5 Å². The van der Waals surface area contributed by atoms with Gasteiger partial charge in [0.2, 0.25) is 0 Å². The fraction of sp³-hybridized carbons (Fsp3) is 0. The maximum atomic E-state index is 12.2. The molecule has 3 rings (SSSR count). The summed E-state index contributed by atoms with van der Waals surface area (Å²) < 4.78 is 0. The molecule has 0 fully saturated rings. The van der Waals surface area contributed by atoms with E-state index in [0.29, 0.717) is 16.2 Å². The van der Waals surface area contributed by atoms with E-state index in [4.69, 9.17) is 11.6 Å². The molecule has 88 valence electrons. The number of halogens is 1. The van der Waals surface area contributed by atoms with Gasteiger partial charge in [0.05, 0.1) is 0 Å². The molecule has 0 bridgehead atoms. The minimum atomic E-state index is -0.0665. The summed E-state index contributed by atoms with van der Waals surface area (Å²) in [6.07, 6.45) is 1.83. The first-order valence-corrected chi connectivity index (χ1v) is 5.88. The number of Topliss-reactive ketones (excluding diaryl/α,β-unsaturated/α-hetero) is 1. The van der Waals surface area contributed by atoms with Gasteiger partial charge in [0.1, 0.15) is 5.75 Å². The number of rotatable bonds is 1. The van der Waals surface area contributed by atoms with Gasteiger partial charge in [-0.3, -0.25) is 4.79 Å². The van der Waals surface area contributed by atoms with E-state index in [1.807, 2.05) is 18.2 Å². The second-order valence-electron chi connectivity index (χ2n) is 4.17. The Morgan fingerprint density at radius 1 is 1.00 bits per heavy atom. The summed E-state index contributed by atoms with van der Waals surface area (Å²) >= 11 is 5.83. The van der Waals surface area contributed by atoms with Crippen molar-refractivity contribution in [2.75, 3.05) is 0 Å². The molecule has 0 heterocycles. The third-order valence-corrected chi connectivity index (χ3v) is 3.23. The molecule has 0 amide bonds. The number of fused-ring (bicyclic) bond motifs is 1. The van der Waals surface area contributed by atoms with E-state index in [9.17, 15) is 9.90 Å². The van der Waals surface area contributed by atoms with Gasteiger partial charge in [-0.2, -0.15) is 0 Å². The van der Waals surface area contributed by atoms with Crippen molar-refractivity contribution >= 4 is 29.0 Å². The van der Waals surface area contributed by atoms with Crippen LogP contribution in [0, 0.1) is 0 Å². The second kappa shape index (κ2) is 4.00. The molecule has 2 aromatic carbocycles. The van der Waals surface area contributed by atoms with Crippen molar-refractivity contribution in [1.82, 2.24) is 0 Å². The standard InChI is InChI=1S/C15H9ClO2/c16-11-4-1-9(2-5-11)13-7-10-3-6-12(17)8-14(10)15(13)18/h1-8,17H. The lowest BCUT2D eigenvalue weighted by Gasteiger charge is -2.01. The van der Waals surface area contributed by atoms with Crippen molar-refractivity contribution in [1.29, 1.82) is 0 Å². The molecule has 0 aromatic heterocycles. The molecular formula is C15H9ClO2. The second-order valence-corrected chi connectivity index (χ2v) is 4.60. The van der Waals surface area contributed by atoms with E-state index in [2.05, 4.69) is 0 Å². The first kappa shape index (κ1) is 11.1. The maximum Gasteiger partial charge on any atom is 0.194 e. The molecule has 18 heavy (non-hydrogen) atoms. The Kier molecular flexibility index (Phi) is 2.46. The molecule has 2 nitrogen and oxygen atoms in total. The monoisotopic (exact) mass is 256 g/mol. The molecule has 0 saturated carbocycles. The number of aromatic hydroxyl groups is 1. The van der Waals surface area contributed by atoms with Crippen molar-refractivity contribution in [3.63, 3.8) is 0 Å². The number of ketones is 1. The zero-order valence-electron chi connectivity index (χ0n) is 9.35. The van der Waals surface area contributed by atoms with Gasteiger partial charge in [-0.25, -0.2) is 0 Å². The lowest BCUT2D eigenvalue weighted by atomic mass is 10.0. The van der Waals surface area contributed by atoms with E-state index in [-0.39, 0.29) is 11.5 Å². The highest BCUT2D eigenvalue weighted by Crippen LogP contribution is 2.33. The van der Waals surface area contributed by atoms with Crippen molar-refractivity contribution in [3.05, 3.63) is 64.2 Å². The highest BCUT2D eigenvalue weighted by atomic mass is 35.5. The highest BCUT2D eigenvalue weighted by molar-refractivity contribution is 6.37. The molecule has 3 heteroatoms. The van der Waals surface area contributed by atoms with Crippen molar-refractivity contribution < 1.29 is 9.90 Å². The molecule has 1 N–H and O–H groups in total. The summed E-state index contributed by atoms with van der Waals surface area (Å²) in [5.74, 6) is 0.0380. The van der Waals surface area contributed by atoms with Crippen molar-refractivity contribution in [3.8, 4) is 5.75 Å². The van der Waals surface area contributed by atoms with Gasteiger partial charge >= 0.3 is 0 Å². The van der Waals surface area contributed by atoms with Gasteiger partial charge in [-0.05, 0) is 41.5 Å². The fourth-order valence-corrected chi connectivity index (χ4v) is 2.20. The molecule has 0 radical (unpaired) electrons. The van der Waals surface area contributed by atoms with Crippen LogP contribution < -0.4 is 0 Å². The van der Waals surface area contributed by atoms with Gasteiger partial charge in [0, 0.05) is 16.2 Å². The van der Waals surface area contributed by atoms with E-state index in [0.717, 1.165) is 11.1 Å². The number of allylic oxidation sites excluding steroid dienone is 1. The average Bonchev–Trinajstić information content (AvgIpc) is 2.68. The van der Waals surface area contributed by atoms with Gasteiger partial charge < -0.3 is 5.11 Å². The third kappa shape index (κ3) is 1.71. The minimum absolute atomic E-state index is 0.0665. The Hall–Kier alpha value is -2.06. The molecule has 1 aliphatic rings. The van der Waals surface area contributed by atoms with Crippen LogP contribution in [0.25, 0.3) is 11.6 Å². The zero-order valence-corrected chi connectivity index (χ0v) is 10.1. The SMILES string of the molecule is O=C1C(c2ccc(Cl)cc2)=Cc2ccc(O)cc21. The molecule has 0 atom stereocenters. The lowest BCUT2D eigenvalue weighted by molar-refractivity contribution is 0.105. The van der Waals surface area contributed by atoms with Crippen LogP contribution in [0.3, 0.4) is 0 Å². The number of carbonyl (C=O) groups excluding carboxylic acids is 1. The first-order valence-electron chi connectivity index (χ1n) is 5.50. The Labute approximate surface area is 109 Å². The van der Waals surface area contributed by atoms with E-state index >= 15 is 0 Å². The molecule has 0 unspecified atom stereocenters. The number of phenolic OH excluding ortho intramolecular Hbond substituents is 1. The summed E-state index contributed by atoms with van der Waals surface area (Å²) in [6.45, 7) is 0. The third-order valence-electron chi connectivity index (χ3n) is 2.98. The van der Waals surface area contributed by atoms with Gasteiger partial charge in [0.15, 0.2) is 5.78 Å². The Morgan fingerprint density at radius 3 is 2.44 bits per heavy atom. The predicted molar refractivity (Wildman–Crippen MR) is 71.8 cm³/mol. The fourth-order valence-electron chi connectivity index (χ4n) is 2.08. The number of carbonyl (C=O) groups is 1. The van der Waals surface area contributed by atoms with Crippen molar-refractivity contribution in [2.24, 2.45) is 0 Å². The molecule has 2 aromatic rings. The van der Waals surface area contributed by atoms with Gasteiger partial charge in [0.25, 0.3) is 0 Å². The zero-order chi connectivity index (χ0) is 12.7. The number of benzene rings is 2. The van der Waals surface area contributed by atoms with Crippen LogP contribution in [-0.4, -0.2) is 10.9 Å². The Balaban J connectivity index is 2.08. The smallest absolute Gasteiger partial charge is 0.194 e. The van der Waals surface area contributed by atoms with Gasteiger partial charge in [-0.15, -0.1) is 0 Å². The van der Waals surface area contributed by atoms with E-state index in [1.165, 1.54) is 6.07 Å². The Morgan fingerprint density at radius 2 is 1.72 bits per heavy atom. The summed E-state index contributed by atoms with van der Waals surface area (Å²) in [5, 5.41) is 10.1. The summed E-state index contributed by atoms with van der Waals surface area (Å²) in [5.41, 5.74) is 2.84. The van der Waals surface area contributed by atoms with Crippen LogP contribution in [0.15, 0.2) is 42.5 Å². The van der Waals surface area contributed by atoms with Crippen LogP contribution in [0.4, 0.5) is 0 Å². The molecule has 0 spiro atoms. The number of phenols is 1. The first-order chi connectivity index (χ1) is 8.65. The number of hydrogen-bond acceptors (Lipinski definition) is 2.